The molecule has 0 saturated heterocycles. The molecule has 0 radical (unpaired) electrons. The van der Waals surface area contributed by atoms with Gasteiger partial charge in [-0.05, 0) is 38.8 Å². The largest absolute Gasteiger partial charge is 0.361 e. The van der Waals surface area contributed by atoms with E-state index in [1.807, 2.05) is 30.5 Å². The predicted octanol–water partition coefficient (Wildman–Crippen LogP) is 2.14. The highest BCUT2D eigenvalue weighted by molar-refractivity contribution is 5.83. The zero-order valence-corrected chi connectivity index (χ0v) is 14.8. The second kappa shape index (κ2) is 6.70. The Morgan fingerprint density at radius 3 is 2.85 bits per heavy atom. The first-order valence-electron chi connectivity index (χ1n) is 8.68. The molecule has 1 amide bonds. The number of aromatic nitrogens is 5. The summed E-state index contributed by atoms with van der Waals surface area (Å²) in [6.45, 7) is 4.94. The quantitative estimate of drug-likeness (QED) is 0.772. The van der Waals surface area contributed by atoms with Crippen molar-refractivity contribution in [1.82, 2.24) is 30.2 Å². The monoisotopic (exact) mass is 352 g/mol. The van der Waals surface area contributed by atoms with Crippen LogP contribution in [0.15, 0.2) is 29.0 Å². The molecule has 8 nitrogen and oxygen atoms in total. The van der Waals surface area contributed by atoms with Gasteiger partial charge in [0, 0.05) is 36.6 Å². The van der Waals surface area contributed by atoms with Crippen LogP contribution in [0, 0.1) is 13.8 Å². The summed E-state index contributed by atoms with van der Waals surface area (Å²) in [5.41, 5.74) is 2.68. The Bertz CT molecular complexity index is 911. The van der Waals surface area contributed by atoms with Gasteiger partial charge in [0.2, 0.25) is 5.91 Å². The SMILES string of the molecule is Cc1noc(C)c1CNC(=O)C1CCCn2c(-c3ccncc3)nnc21. The average molecular weight is 352 g/mol. The van der Waals surface area contributed by atoms with Gasteiger partial charge in [0.15, 0.2) is 5.82 Å². The van der Waals surface area contributed by atoms with Crippen LogP contribution < -0.4 is 5.32 Å². The maximum atomic E-state index is 12.8. The van der Waals surface area contributed by atoms with Crippen molar-refractivity contribution in [3.63, 3.8) is 0 Å². The Hall–Kier alpha value is -3.03. The van der Waals surface area contributed by atoms with E-state index in [0.29, 0.717) is 6.54 Å². The number of hydrogen-bond acceptors (Lipinski definition) is 6. The molecule has 1 aliphatic heterocycles. The summed E-state index contributed by atoms with van der Waals surface area (Å²) in [7, 11) is 0. The van der Waals surface area contributed by atoms with E-state index < -0.39 is 0 Å². The first-order chi connectivity index (χ1) is 12.6. The summed E-state index contributed by atoms with van der Waals surface area (Å²) >= 11 is 0. The van der Waals surface area contributed by atoms with E-state index in [9.17, 15) is 4.79 Å². The molecule has 3 aromatic heterocycles. The Labute approximate surface area is 150 Å². The summed E-state index contributed by atoms with van der Waals surface area (Å²) in [6.07, 6.45) is 5.13. The second-order valence-corrected chi connectivity index (χ2v) is 6.48. The van der Waals surface area contributed by atoms with Gasteiger partial charge < -0.3 is 14.4 Å². The molecule has 0 fully saturated rings. The van der Waals surface area contributed by atoms with Crippen molar-refractivity contribution in [3.8, 4) is 11.4 Å². The van der Waals surface area contributed by atoms with E-state index in [4.69, 9.17) is 4.52 Å². The van der Waals surface area contributed by atoms with Crippen LogP contribution in [0.1, 0.15) is 41.6 Å². The molecule has 1 N–H and O–H groups in total. The van der Waals surface area contributed by atoms with Crippen molar-refractivity contribution in [1.29, 1.82) is 0 Å². The fourth-order valence-electron chi connectivity index (χ4n) is 3.39. The molecule has 0 saturated carbocycles. The lowest BCUT2D eigenvalue weighted by atomic mass is 9.97. The first kappa shape index (κ1) is 16.4. The van der Waals surface area contributed by atoms with Gasteiger partial charge in [-0.2, -0.15) is 0 Å². The first-order valence-corrected chi connectivity index (χ1v) is 8.68. The molecule has 1 unspecified atom stereocenters. The molecule has 0 spiro atoms. The molecule has 4 rings (SSSR count). The van der Waals surface area contributed by atoms with Crippen LogP contribution >= 0.6 is 0 Å². The third-order valence-electron chi connectivity index (χ3n) is 4.84. The van der Waals surface area contributed by atoms with Gasteiger partial charge >= 0.3 is 0 Å². The van der Waals surface area contributed by atoms with Crippen molar-refractivity contribution < 1.29 is 9.32 Å². The van der Waals surface area contributed by atoms with Crippen LogP contribution in [0.3, 0.4) is 0 Å². The van der Waals surface area contributed by atoms with Crippen LogP contribution in [-0.2, 0) is 17.9 Å². The summed E-state index contributed by atoms with van der Waals surface area (Å²) in [5.74, 6) is 1.89. The van der Waals surface area contributed by atoms with Crippen LogP contribution in [0.25, 0.3) is 11.4 Å². The molecule has 1 aliphatic rings. The molecule has 4 heterocycles. The Morgan fingerprint density at radius 2 is 2.12 bits per heavy atom. The van der Waals surface area contributed by atoms with Crippen LogP contribution in [0.2, 0.25) is 0 Å². The van der Waals surface area contributed by atoms with E-state index in [1.54, 1.807) is 12.4 Å². The van der Waals surface area contributed by atoms with Crippen molar-refractivity contribution >= 4 is 5.91 Å². The second-order valence-electron chi connectivity index (χ2n) is 6.48. The van der Waals surface area contributed by atoms with E-state index in [0.717, 1.165) is 53.6 Å². The molecule has 26 heavy (non-hydrogen) atoms. The molecule has 134 valence electrons. The van der Waals surface area contributed by atoms with Crippen LogP contribution in [0.5, 0.6) is 0 Å². The van der Waals surface area contributed by atoms with E-state index in [1.165, 1.54) is 0 Å². The van der Waals surface area contributed by atoms with Crippen molar-refractivity contribution in [2.24, 2.45) is 0 Å². The zero-order chi connectivity index (χ0) is 18.1. The lowest BCUT2D eigenvalue weighted by molar-refractivity contribution is -0.123. The highest BCUT2D eigenvalue weighted by Crippen LogP contribution is 2.30. The predicted molar refractivity (Wildman–Crippen MR) is 93.1 cm³/mol. The molecule has 3 aromatic rings. The molecular formula is C18H20N6O2. The fourth-order valence-corrected chi connectivity index (χ4v) is 3.39. The van der Waals surface area contributed by atoms with Gasteiger partial charge in [0.25, 0.3) is 0 Å². The number of nitrogens with one attached hydrogen (secondary N) is 1. The van der Waals surface area contributed by atoms with Gasteiger partial charge in [-0.25, -0.2) is 0 Å². The Morgan fingerprint density at radius 1 is 1.31 bits per heavy atom. The number of nitrogens with zero attached hydrogens (tertiary/aromatic N) is 5. The molecule has 0 bridgehead atoms. The molecule has 8 heteroatoms. The number of pyridine rings is 1. The van der Waals surface area contributed by atoms with E-state index >= 15 is 0 Å². The van der Waals surface area contributed by atoms with Gasteiger partial charge in [-0.3, -0.25) is 9.78 Å². The number of amides is 1. The minimum atomic E-state index is -0.299. The Balaban J connectivity index is 1.55. The summed E-state index contributed by atoms with van der Waals surface area (Å²) in [4.78, 5) is 16.8. The fraction of sp³-hybridized carbons (Fsp3) is 0.389. The third kappa shape index (κ3) is 2.87. The zero-order valence-electron chi connectivity index (χ0n) is 14.8. The van der Waals surface area contributed by atoms with Gasteiger partial charge in [0.05, 0.1) is 11.6 Å². The molecular weight excluding hydrogens is 332 g/mol. The lowest BCUT2D eigenvalue weighted by Crippen LogP contribution is -2.33. The van der Waals surface area contributed by atoms with Crippen molar-refractivity contribution in [3.05, 3.63) is 47.4 Å². The van der Waals surface area contributed by atoms with Gasteiger partial charge in [0.1, 0.15) is 11.6 Å². The van der Waals surface area contributed by atoms with E-state index in [-0.39, 0.29) is 11.8 Å². The van der Waals surface area contributed by atoms with Crippen molar-refractivity contribution in [2.45, 2.75) is 45.7 Å². The number of carbonyl (C=O) groups excluding carboxylic acids is 1. The lowest BCUT2D eigenvalue weighted by Gasteiger charge is -2.23. The maximum absolute atomic E-state index is 12.8. The molecule has 0 aromatic carbocycles. The molecule has 0 aliphatic carbocycles. The van der Waals surface area contributed by atoms with Crippen molar-refractivity contribution in [2.75, 3.05) is 0 Å². The number of carbonyl (C=O) groups is 1. The van der Waals surface area contributed by atoms with Crippen LogP contribution in [0.4, 0.5) is 0 Å². The third-order valence-corrected chi connectivity index (χ3v) is 4.84. The minimum Gasteiger partial charge on any atom is -0.361 e. The highest BCUT2D eigenvalue weighted by Gasteiger charge is 2.31. The van der Waals surface area contributed by atoms with Gasteiger partial charge in [-0.1, -0.05) is 5.16 Å². The number of aryl methyl sites for hydroxylation is 2. The molecule has 1 atom stereocenters. The maximum Gasteiger partial charge on any atom is 0.231 e. The topological polar surface area (TPSA) is 98.7 Å². The summed E-state index contributed by atoms with van der Waals surface area (Å²) < 4.78 is 7.19. The Kier molecular flexibility index (Phi) is 4.24. The van der Waals surface area contributed by atoms with Gasteiger partial charge in [-0.15, -0.1) is 10.2 Å². The number of fused-ring (bicyclic) bond motifs is 1. The average Bonchev–Trinajstić information content (AvgIpc) is 3.24. The summed E-state index contributed by atoms with van der Waals surface area (Å²) in [6, 6.07) is 3.80. The number of hydrogen-bond donors (Lipinski definition) is 1. The summed E-state index contributed by atoms with van der Waals surface area (Å²) in [5, 5.41) is 15.6. The standard InChI is InChI=1S/C18H20N6O2/c1-11-15(12(2)26-23-11)10-20-18(25)14-4-3-9-24-16(21-22-17(14)24)13-5-7-19-8-6-13/h5-8,14H,3-4,9-10H2,1-2H3,(H,20,25). The van der Waals surface area contributed by atoms with E-state index in [2.05, 4.69) is 25.7 Å². The smallest absolute Gasteiger partial charge is 0.231 e. The minimum absolute atomic E-state index is 0.0420. The number of rotatable bonds is 4. The van der Waals surface area contributed by atoms with Crippen LogP contribution in [-0.4, -0.2) is 30.8 Å². The normalized spacial score (nSPS) is 16.3. The highest BCUT2D eigenvalue weighted by atomic mass is 16.5.